The smallest absolute Gasteiger partial charge is 0.229 e. The number of nitrogens with zero attached hydrogens (tertiary/aromatic N) is 2. The van der Waals surface area contributed by atoms with Gasteiger partial charge in [-0.2, -0.15) is 5.10 Å². The average Bonchev–Trinajstić information content (AvgIpc) is 2.81. The summed E-state index contributed by atoms with van der Waals surface area (Å²) < 4.78 is 5.52. The van der Waals surface area contributed by atoms with Crippen molar-refractivity contribution in [1.82, 2.24) is 15.2 Å². The standard InChI is InChI=1S/C12H13N3O2/c1-8(2)17-10-5-3-4-9(6-10)11(16)12-13-7-14-15-12/h3-8H,1-2H3,(H,13,14,15). The molecule has 0 saturated carbocycles. The van der Waals surface area contributed by atoms with Crippen molar-refractivity contribution < 1.29 is 9.53 Å². The molecule has 0 atom stereocenters. The van der Waals surface area contributed by atoms with Crippen molar-refractivity contribution in [2.75, 3.05) is 0 Å². The summed E-state index contributed by atoms with van der Waals surface area (Å²) in [5, 5.41) is 6.20. The minimum Gasteiger partial charge on any atom is -0.491 e. The van der Waals surface area contributed by atoms with Crippen LogP contribution in [0.3, 0.4) is 0 Å². The molecule has 88 valence electrons. The first kappa shape index (κ1) is 11.3. The quantitative estimate of drug-likeness (QED) is 0.815. The lowest BCUT2D eigenvalue weighted by atomic mass is 10.1. The molecule has 0 saturated heterocycles. The van der Waals surface area contributed by atoms with Gasteiger partial charge in [0, 0.05) is 5.56 Å². The number of ether oxygens (including phenoxy) is 1. The normalized spacial score (nSPS) is 10.5. The predicted octanol–water partition coefficient (Wildman–Crippen LogP) is 1.82. The Kier molecular flexibility index (Phi) is 3.18. The Balaban J connectivity index is 2.24. The molecule has 2 rings (SSSR count). The van der Waals surface area contributed by atoms with Gasteiger partial charge in [-0.25, -0.2) is 4.98 Å². The summed E-state index contributed by atoms with van der Waals surface area (Å²) in [5.41, 5.74) is 0.528. The SMILES string of the molecule is CC(C)Oc1cccc(C(=O)c2ncn[nH]2)c1. The fourth-order valence-electron chi connectivity index (χ4n) is 1.43. The third-order valence-electron chi connectivity index (χ3n) is 2.10. The maximum absolute atomic E-state index is 12.0. The van der Waals surface area contributed by atoms with Crippen molar-refractivity contribution in [1.29, 1.82) is 0 Å². The maximum Gasteiger partial charge on any atom is 0.229 e. The topological polar surface area (TPSA) is 67.9 Å². The zero-order valence-corrected chi connectivity index (χ0v) is 9.68. The van der Waals surface area contributed by atoms with Crippen molar-refractivity contribution in [3.05, 3.63) is 42.0 Å². The number of H-pyrrole nitrogens is 1. The molecule has 1 heterocycles. The predicted molar refractivity (Wildman–Crippen MR) is 62.0 cm³/mol. The summed E-state index contributed by atoms with van der Waals surface area (Å²) in [4.78, 5) is 15.8. The summed E-state index contributed by atoms with van der Waals surface area (Å²) in [7, 11) is 0. The number of hydrogen-bond donors (Lipinski definition) is 1. The molecule has 0 amide bonds. The van der Waals surface area contributed by atoms with Crippen LogP contribution in [0, 0.1) is 0 Å². The highest BCUT2D eigenvalue weighted by Gasteiger charge is 2.12. The lowest BCUT2D eigenvalue weighted by molar-refractivity contribution is 0.102. The molecule has 5 nitrogen and oxygen atoms in total. The highest BCUT2D eigenvalue weighted by Crippen LogP contribution is 2.16. The van der Waals surface area contributed by atoms with Gasteiger partial charge < -0.3 is 4.74 Å². The number of benzene rings is 1. The van der Waals surface area contributed by atoms with Crippen molar-refractivity contribution in [3.8, 4) is 5.75 Å². The van der Waals surface area contributed by atoms with Crippen LogP contribution < -0.4 is 4.74 Å². The van der Waals surface area contributed by atoms with Gasteiger partial charge in [-0.3, -0.25) is 9.89 Å². The number of rotatable bonds is 4. The molecule has 0 spiro atoms. The number of carbonyl (C=O) groups excluding carboxylic acids is 1. The van der Waals surface area contributed by atoms with E-state index in [1.54, 1.807) is 18.2 Å². The van der Waals surface area contributed by atoms with Gasteiger partial charge in [0.25, 0.3) is 0 Å². The van der Waals surface area contributed by atoms with Crippen LogP contribution in [0.2, 0.25) is 0 Å². The molecule has 1 aromatic heterocycles. The van der Waals surface area contributed by atoms with Gasteiger partial charge in [0.1, 0.15) is 12.1 Å². The second-order valence-electron chi connectivity index (χ2n) is 3.86. The molecule has 0 fully saturated rings. The number of hydrogen-bond acceptors (Lipinski definition) is 4. The van der Waals surface area contributed by atoms with E-state index in [-0.39, 0.29) is 17.7 Å². The Morgan fingerprint density at radius 2 is 2.24 bits per heavy atom. The minimum absolute atomic E-state index is 0.0747. The van der Waals surface area contributed by atoms with E-state index in [1.807, 2.05) is 19.9 Å². The first-order chi connectivity index (χ1) is 8.16. The molecule has 1 N–H and O–H groups in total. The van der Waals surface area contributed by atoms with Crippen LogP contribution in [-0.2, 0) is 0 Å². The molecule has 17 heavy (non-hydrogen) atoms. The second-order valence-corrected chi connectivity index (χ2v) is 3.86. The van der Waals surface area contributed by atoms with Gasteiger partial charge in [0.2, 0.25) is 5.78 Å². The van der Waals surface area contributed by atoms with Crippen LogP contribution in [0.15, 0.2) is 30.6 Å². The van der Waals surface area contributed by atoms with Crippen LogP contribution >= 0.6 is 0 Å². The van der Waals surface area contributed by atoms with Crippen LogP contribution in [0.4, 0.5) is 0 Å². The molecule has 0 aliphatic heterocycles. The largest absolute Gasteiger partial charge is 0.491 e. The van der Waals surface area contributed by atoms with E-state index in [2.05, 4.69) is 15.2 Å². The van der Waals surface area contributed by atoms with E-state index < -0.39 is 0 Å². The molecular weight excluding hydrogens is 218 g/mol. The van der Waals surface area contributed by atoms with Crippen molar-refractivity contribution in [2.45, 2.75) is 20.0 Å². The van der Waals surface area contributed by atoms with Crippen molar-refractivity contribution in [2.24, 2.45) is 0 Å². The van der Waals surface area contributed by atoms with E-state index >= 15 is 0 Å². The van der Waals surface area contributed by atoms with E-state index in [4.69, 9.17) is 4.74 Å². The number of carbonyl (C=O) groups is 1. The van der Waals surface area contributed by atoms with E-state index in [9.17, 15) is 4.79 Å². The third kappa shape index (κ3) is 2.69. The fourth-order valence-corrected chi connectivity index (χ4v) is 1.43. The van der Waals surface area contributed by atoms with Crippen molar-refractivity contribution in [3.63, 3.8) is 0 Å². The number of aromatic amines is 1. The number of ketones is 1. The average molecular weight is 231 g/mol. The fraction of sp³-hybridized carbons (Fsp3) is 0.250. The lowest BCUT2D eigenvalue weighted by Gasteiger charge is -2.09. The Bertz CT molecular complexity index is 506. The molecule has 0 radical (unpaired) electrons. The van der Waals surface area contributed by atoms with Gasteiger partial charge in [0.15, 0.2) is 5.82 Å². The van der Waals surface area contributed by atoms with E-state index in [0.717, 1.165) is 0 Å². The third-order valence-corrected chi connectivity index (χ3v) is 2.10. The summed E-state index contributed by atoms with van der Waals surface area (Å²) in [6.07, 6.45) is 1.38. The molecule has 2 aromatic rings. The Morgan fingerprint density at radius 1 is 1.41 bits per heavy atom. The second kappa shape index (κ2) is 4.78. The summed E-state index contributed by atoms with van der Waals surface area (Å²) >= 11 is 0. The lowest BCUT2D eigenvalue weighted by Crippen LogP contribution is -2.07. The molecular formula is C12H13N3O2. The zero-order chi connectivity index (χ0) is 12.3. The van der Waals surface area contributed by atoms with Gasteiger partial charge in [-0.05, 0) is 26.0 Å². The Labute approximate surface area is 98.8 Å². The summed E-state index contributed by atoms with van der Waals surface area (Å²) in [6, 6.07) is 7.02. The van der Waals surface area contributed by atoms with E-state index in [1.165, 1.54) is 6.33 Å². The van der Waals surface area contributed by atoms with Crippen molar-refractivity contribution >= 4 is 5.78 Å². The number of aromatic nitrogens is 3. The Morgan fingerprint density at radius 3 is 2.88 bits per heavy atom. The van der Waals surface area contributed by atoms with Crippen LogP contribution in [0.25, 0.3) is 0 Å². The number of nitrogens with one attached hydrogen (secondary N) is 1. The summed E-state index contributed by atoms with van der Waals surface area (Å²) in [5.74, 6) is 0.703. The zero-order valence-electron chi connectivity index (χ0n) is 9.68. The molecule has 1 aromatic carbocycles. The first-order valence-corrected chi connectivity index (χ1v) is 5.33. The van der Waals surface area contributed by atoms with E-state index in [0.29, 0.717) is 11.3 Å². The minimum atomic E-state index is -0.197. The van der Waals surface area contributed by atoms with Gasteiger partial charge in [-0.1, -0.05) is 12.1 Å². The van der Waals surface area contributed by atoms with Crippen LogP contribution in [0.5, 0.6) is 5.75 Å². The molecule has 0 unspecified atom stereocenters. The monoisotopic (exact) mass is 231 g/mol. The molecule has 0 aliphatic rings. The maximum atomic E-state index is 12.0. The van der Waals surface area contributed by atoms with Gasteiger partial charge in [0.05, 0.1) is 6.10 Å². The van der Waals surface area contributed by atoms with Crippen LogP contribution in [0.1, 0.15) is 30.0 Å². The highest BCUT2D eigenvalue weighted by atomic mass is 16.5. The molecule has 0 aliphatic carbocycles. The van der Waals surface area contributed by atoms with Gasteiger partial charge in [-0.15, -0.1) is 0 Å². The molecule has 0 bridgehead atoms. The highest BCUT2D eigenvalue weighted by molar-refractivity contribution is 6.06. The van der Waals surface area contributed by atoms with Gasteiger partial charge >= 0.3 is 0 Å². The Hall–Kier alpha value is -2.17. The summed E-state index contributed by atoms with van der Waals surface area (Å²) in [6.45, 7) is 3.87. The van der Waals surface area contributed by atoms with Crippen LogP contribution in [-0.4, -0.2) is 27.1 Å². The molecule has 5 heteroatoms. The first-order valence-electron chi connectivity index (χ1n) is 5.33.